The van der Waals surface area contributed by atoms with Crippen molar-refractivity contribution in [3.05, 3.63) is 48.6 Å². The maximum atomic E-state index is 12.8. The van der Waals surface area contributed by atoms with Gasteiger partial charge in [0.2, 0.25) is 0 Å². The lowest BCUT2D eigenvalue weighted by molar-refractivity contribution is -0.166. The molecule has 64 heavy (non-hydrogen) atoms. The predicted molar refractivity (Wildman–Crippen MR) is 275 cm³/mol. The second-order valence-electron chi connectivity index (χ2n) is 18.5. The van der Waals surface area contributed by atoms with Gasteiger partial charge >= 0.3 is 17.9 Å². The third kappa shape index (κ3) is 50.4. The first-order valence-corrected chi connectivity index (χ1v) is 27.7. The number of esters is 3. The molecule has 0 aliphatic heterocycles. The Morgan fingerprint density at radius 2 is 0.641 bits per heavy atom. The quantitative estimate of drug-likeness (QED) is 0.0199. The van der Waals surface area contributed by atoms with E-state index < -0.39 is 6.10 Å². The van der Waals surface area contributed by atoms with E-state index in [4.69, 9.17) is 14.2 Å². The van der Waals surface area contributed by atoms with Crippen LogP contribution in [0.5, 0.6) is 0 Å². The van der Waals surface area contributed by atoms with Gasteiger partial charge in [0.1, 0.15) is 13.2 Å². The van der Waals surface area contributed by atoms with E-state index in [0.717, 1.165) is 64.2 Å². The first kappa shape index (κ1) is 61.4. The molecule has 1 atom stereocenters. The number of carbonyl (C=O) groups is 3. The Hall–Kier alpha value is -2.63. The third-order valence-corrected chi connectivity index (χ3v) is 12.1. The van der Waals surface area contributed by atoms with Crippen molar-refractivity contribution in [1.29, 1.82) is 0 Å². The number of rotatable bonds is 50. The Balaban J connectivity index is 4.43. The summed E-state index contributed by atoms with van der Waals surface area (Å²) in [5.41, 5.74) is 0. The van der Waals surface area contributed by atoms with Crippen molar-refractivity contribution in [2.24, 2.45) is 0 Å². The van der Waals surface area contributed by atoms with E-state index in [-0.39, 0.29) is 44.0 Å². The molecule has 0 rings (SSSR count). The number of hydrogen-bond donors (Lipinski definition) is 0. The summed E-state index contributed by atoms with van der Waals surface area (Å²) < 4.78 is 16.8. The van der Waals surface area contributed by atoms with E-state index in [1.54, 1.807) is 0 Å². The van der Waals surface area contributed by atoms with Crippen LogP contribution in [0.15, 0.2) is 48.6 Å². The molecule has 0 aromatic rings. The van der Waals surface area contributed by atoms with E-state index in [2.05, 4.69) is 63.3 Å². The molecule has 0 saturated carbocycles. The van der Waals surface area contributed by atoms with Crippen LogP contribution >= 0.6 is 0 Å². The summed E-state index contributed by atoms with van der Waals surface area (Å²) in [7, 11) is 0. The maximum absolute atomic E-state index is 12.8. The van der Waals surface area contributed by atoms with Gasteiger partial charge in [0.25, 0.3) is 0 Å². The molecule has 0 fully saturated rings. The summed E-state index contributed by atoms with van der Waals surface area (Å²) in [5.74, 6) is -0.985. The summed E-state index contributed by atoms with van der Waals surface area (Å²) in [5, 5.41) is 0. The molecule has 0 aromatic carbocycles. The van der Waals surface area contributed by atoms with Gasteiger partial charge in [-0.3, -0.25) is 14.4 Å². The van der Waals surface area contributed by atoms with Gasteiger partial charge < -0.3 is 14.2 Å². The van der Waals surface area contributed by atoms with Crippen molar-refractivity contribution in [1.82, 2.24) is 0 Å². The highest BCUT2D eigenvalue weighted by Gasteiger charge is 2.19. The van der Waals surface area contributed by atoms with Gasteiger partial charge in [0, 0.05) is 19.3 Å². The van der Waals surface area contributed by atoms with E-state index in [1.165, 1.54) is 173 Å². The molecule has 0 heterocycles. The van der Waals surface area contributed by atoms with Crippen LogP contribution in [0.1, 0.15) is 284 Å². The van der Waals surface area contributed by atoms with Crippen molar-refractivity contribution in [2.45, 2.75) is 290 Å². The number of carbonyl (C=O) groups excluding carboxylic acids is 3. The fourth-order valence-corrected chi connectivity index (χ4v) is 7.90. The minimum Gasteiger partial charge on any atom is -0.462 e. The van der Waals surface area contributed by atoms with Gasteiger partial charge in [-0.25, -0.2) is 0 Å². The molecule has 6 heteroatoms. The van der Waals surface area contributed by atoms with Crippen molar-refractivity contribution < 1.29 is 28.6 Å². The van der Waals surface area contributed by atoms with E-state index in [1.807, 2.05) is 6.08 Å². The lowest BCUT2D eigenvalue weighted by Crippen LogP contribution is -2.30. The fourth-order valence-electron chi connectivity index (χ4n) is 7.90. The molecular weight excluding hydrogens is 793 g/mol. The Morgan fingerprint density at radius 3 is 1.06 bits per heavy atom. The molecule has 0 aromatic heterocycles. The lowest BCUT2D eigenvalue weighted by atomic mass is 10.0. The lowest BCUT2D eigenvalue weighted by Gasteiger charge is -2.18. The largest absolute Gasteiger partial charge is 0.462 e. The number of unbranched alkanes of at least 4 members (excludes halogenated alkanes) is 32. The van der Waals surface area contributed by atoms with Crippen LogP contribution in [-0.4, -0.2) is 37.2 Å². The van der Waals surface area contributed by atoms with Crippen LogP contribution in [0.3, 0.4) is 0 Å². The maximum Gasteiger partial charge on any atom is 0.306 e. The first-order valence-electron chi connectivity index (χ1n) is 27.7. The van der Waals surface area contributed by atoms with Crippen LogP contribution in [0, 0.1) is 0 Å². The molecule has 0 spiro atoms. The van der Waals surface area contributed by atoms with Crippen molar-refractivity contribution in [3.8, 4) is 0 Å². The molecular formula is C58H104O6. The van der Waals surface area contributed by atoms with Crippen molar-refractivity contribution in [2.75, 3.05) is 13.2 Å². The van der Waals surface area contributed by atoms with Gasteiger partial charge in [-0.15, -0.1) is 0 Å². The van der Waals surface area contributed by atoms with Gasteiger partial charge in [0.05, 0.1) is 0 Å². The second kappa shape index (κ2) is 53.0. The summed E-state index contributed by atoms with van der Waals surface area (Å²) >= 11 is 0. The van der Waals surface area contributed by atoms with Gasteiger partial charge in [-0.1, -0.05) is 249 Å². The van der Waals surface area contributed by atoms with Crippen LogP contribution in [0.25, 0.3) is 0 Å². The average Bonchev–Trinajstić information content (AvgIpc) is 3.29. The summed E-state index contributed by atoms with van der Waals surface area (Å²) in [6.07, 6.45) is 64.0. The minimum atomic E-state index is -0.806. The summed E-state index contributed by atoms with van der Waals surface area (Å²) in [6, 6.07) is 0. The Morgan fingerprint density at radius 1 is 0.328 bits per heavy atom. The zero-order valence-electron chi connectivity index (χ0n) is 42.6. The molecule has 0 saturated heterocycles. The molecule has 0 amide bonds. The van der Waals surface area contributed by atoms with Crippen LogP contribution in [-0.2, 0) is 28.6 Å². The van der Waals surface area contributed by atoms with E-state index >= 15 is 0 Å². The number of ether oxygens (including phenoxy) is 3. The molecule has 0 radical (unpaired) electrons. The minimum absolute atomic E-state index is 0.0982. The van der Waals surface area contributed by atoms with Crippen LogP contribution in [0.2, 0.25) is 0 Å². The van der Waals surface area contributed by atoms with Gasteiger partial charge in [0.15, 0.2) is 6.10 Å². The fraction of sp³-hybridized carbons (Fsp3) is 0.810. The summed E-state index contributed by atoms with van der Waals surface area (Å²) in [6.45, 7) is 6.58. The average molecular weight is 897 g/mol. The molecule has 0 N–H and O–H groups in total. The second-order valence-corrected chi connectivity index (χ2v) is 18.5. The Labute approximate surface area is 397 Å². The highest BCUT2D eigenvalue weighted by Crippen LogP contribution is 2.16. The zero-order valence-corrected chi connectivity index (χ0v) is 42.6. The summed E-state index contributed by atoms with van der Waals surface area (Å²) in [4.78, 5) is 38.0. The molecule has 0 aliphatic carbocycles. The molecule has 0 aliphatic rings. The van der Waals surface area contributed by atoms with Gasteiger partial charge in [-0.2, -0.15) is 0 Å². The van der Waals surface area contributed by atoms with E-state index in [9.17, 15) is 14.4 Å². The van der Waals surface area contributed by atoms with Gasteiger partial charge in [-0.05, 0) is 64.2 Å². The third-order valence-electron chi connectivity index (χ3n) is 12.1. The topological polar surface area (TPSA) is 78.9 Å². The molecule has 0 bridgehead atoms. The van der Waals surface area contributed by atoms with Crippen molar-refractivity contribution >= 4 is 17.9 Å². The monoisotopic (exact) mass is 897 g/mol. The van der Waals surface area contributed by atoms with Crippen molar-refractivity contribution in [3.63, 3.8) is 0 Å². The zero-order chi connectivity index (χ0) is 46.5. The highest BCUT2D eigenvalue weighted by molar-refractivity contribution is 5.71. The van der Waals surface area contributed by atoms with E-state index in [0.29, 0.717) is 12.8 Å². The van der Waals surface area contributed by atoms with Crippen LogP contribution in [0.4, 0.5) is 0 Å². The molecule has 6 nitrogen and oxygen atoms in total. The Kier molecular flexibility index (Phi) is 50.8. The number of allylic oxidation sites excluding steroid dienone is 8. The first-order chi connectivity index (χ1) is 31.5. The standard InChI is InChI=1S/C58H104O6/c1-4-7-10-13-16-19-22-25-27-29-31-33-36-39-42-45-48-51-57(60)63-54-55(53-62-56(59)50-47-44-41-38-35-32-24-21-18-15-12-9-6-3)64-58(61)52-49-46-43-40-37-34-30-28-26-23-20-17-14-11-8-5-2/h28,30,32,34-35,37,41,44,55H,4-27,29,31,33,36,38-40,42-43,45-54H2,1-3H3/b30-28+,35-32+,37-34+,44-41+. The number of hydrogen-bond acceptors (Lipinski definition) is 6. The highest BCUT2D eigenvalue weighted by atomic mass is 16.6. The molecule has 372 valence electrons. The smallest absolute Gasteiger partial charge is 0.306 e. The molecule has 1 unspecified atom stereocenters. The van der Waals surface area contributed by atoms with Crippen LogP contribution < -0.4 is 0 Å². The SMILES string of the molecule is CCCCCCCC/C=C/C/C=C/CCC(=O)OCC(COC(=O)CCCCCCCCCCCCCCCCCCC)OC(=O)CCCCC/C=C/C=C/CCCCCCCCC. The Bertz CT molecular complexity index is 1120. The predicted octanol–water partition coefficient (Wildman–Crippen LogP) is 18.3. The normalized spacial score (nSPS) is 12.4.